The van der Waals surface area contributed by atoms with Crippen LogP contribution in [0, 0.1) is 12.3 Å². The van der Waals surface area contributed by atoms with Crippen molar-refractivity contribution in [2.45, 2.75) is 25.1 Å². The highest BCUT2D eigenvalue weighted by Crippen LogP contribution is 2.56. The molecule has 0 radical (unpaired) electrons. The quantitative estimate of drug-likeness (QED) is 0.396. The first-order chi connectivity index (χ1) is 4.56. The molecule has 0 saturated carbocycles. The number of rotatable bonds is 0. The van der Waals surface area contributed by atoms with Crippen molar-refractivity contribution in [1.82, 2.24) is 0 Å². The first-order valence-electron chi connectivity index (χ1n) is 3.28. The van der Waals surface area contributed by atoms with Crippen LogP contribution in [-0.2, 0) is 9.09 Å². The monoisotopic (exact) mass is 158 g/mol. The molecule has 1 aliphatic rings. The molecule has 1 fully saturated rings. The predicted molar refractivity (Wildman–Crippen MR) is 41.3 cm³/mol. The summed E-state index contributed by atoms with van der Waals surface area (Å²) in [6.45, 7) is 3.56. The van der Waals surface area contributed by atoms with Gasteiger partial charge in [0.15, 0.2) is 0 Å². The average Bonchev–Trinajstić information content (AvgIpc) is 2.08. The van der Waals surface area contributed by atoms with E-state index < -0.39 is 7.37 Å². The van der Waals surface area contributed by atoms with Crippen LogP contribution in [0.1, 0.15) is 13.3 Å². The van der Waals surface area contributed by atoms with Crippen molar-refractivity contribution >= 4 is 7.37 Å². The van der Waals surface area contributed by atoms with Gasteiger partial charge >= 0.3 is 0 Å². The fourth-order valence-electron chi connectivity index (χ4n) is 0.999. The third-order valence-electron chi connectivity index (χ3n) is 1.88. The van der Waals surface area contributed by atoms with Crippen molar-refractivity contribution in [3.05, 3.63) is 0 Å². The van der Waals surface area contributed by atoms with E-state index >= 15 is 0 Å². The van der Waals surface area contributed by atoms with Crippen LogP contribution in [0.5, 0.6) is 0 Å². The summed E-state index contributed by atoms with van der Waals surface area (Å²) < 4.78 is 16.5. The molecule has 0 aromatic heterocycles. The molecule has 1 heterocycles. The highest BCUT2D eigenvalue weighted by Gasteiger charge is 2.36. The minimum Gasteiger partial charge on any atom is -0.312 e. The van der Waals surface area contributed by atoms with Crippen LogP contribution in [0.3, 0.4) is 0 Å². The third kappa shape index (κ3) is 1.26. The fraction of sp³-hybridized carbons (Fsp3) is 0.714. The van der Waals surface area contributed by atoms with Gasteiger partial charge in [-0.05, 0) is 6.42 Å². The maximum Gasteiger partial charge on any atom is 0.204 e. The molecule has 1 saturated heterocycles. The largest absolute Gasteiger partial charge is 0.312 e. The molecule has 56 valence electrons. The minimum atomic E-state index is -2.35. The van der Waals surface area contributed by atoms with Gasteiger partial charge in [-0.25, -0.2) is 0 Å². The van der Waals surface area contributed by atoms with Gasteiger partial charge in [-0.1, -0.05) is 12.8 Å². The molecule has 3 atom stereocenters. The van der Waals surface area contributed by atoms with E-state index in [4.69, 9.17) is 10.9 Å². The van der Waals surface area contributed by atoms with Crippen LogP contribution in [0.25, 0.3) is 0 Å². The van der Waals surface area contributed by atoms with Crippen LogP contribution in [-0.4, -0.2) is 18.4 Å². The van der Waals surface area contributed by atoms with Crippen LogP contribution in [0.15, 0.2) is 0 Å². The smallest absolute Gasteiger partial charge is 0.204 e. The van der Waals surface area contributed by atoms with Gasteiger partial charge in [0.25, 0.3) is 0 Å². The van der Waals surface area contributed by atoms with Crippen LogP contribution in [0.2, 0.25) is 0 Å². The molecule has 2 nitrogen and oxygen atoms in total. The van der Waals surface area contributed by atoms with Crippen molar-refractivity contribution < 1.29 is 9.09 Å². The second-order valence-corrected chi connectivity index (χ2v) is 5.66. The molecule has 0 aromatic carbocycles. The van der Waals surface area contributed by atoms with Crippen molar-refractivity contribution in [3.8, 4) is 12.3 Å². The zero-order valence-corrected chi connectivity index (χ0v) is 7.10. The van der Waals surface area contributed by atoms with E-state index in [1.54, 1.807) is 6.66 Å². The lowest BCUT2D eigenvalue weighted by Gasteiger charge is -2.07. The first kappa shape index (κ1) is 7.85. The Bertz CT molecular complexity index is 216. The molecule has 3 unspecified atom stereocenters. The molecule has 1 rings (SSSR count). The van der Waals surface area contributed by atoms with E-state index in [0.717, 1.165) is 6.42 Å². The molecule has 0 N–H and O–H groups in total. The van der Waals surface area contributed by atoms with Gasteiger partial charge in [0, 0.05) is 12.3 Å². The standard InChI is InChI=1S/C7H11O2P/c1-4-7-5-6(2)10(3,8)9-7/h1,6-7H,5H2,2-3H3. The average molecular weight is 158 g/mol. The third-order valence-corrected chi connectivity index (χ3v) is 4.36. The van der Waals surface area contributed by atoms with E-state index in [0.29, 0.717) is 0 Å². The van der Waals surface area contributed by atoms with Crippen LogP contribution in [0.4, 0.5) is 0 Å². The number of hydrogen-bond donors (Lipinski definition) is 0. The minimum absolute atomic E-state index is 0.133. The van der Waals surface area contributed by atoms with Gasteiger partial charge in [0.1, 0.15) is 6.10 Å². The van der Waals surface area contributed by atoms with Gasteiger partial charge in [0.2, 0.25) is 7.37 Å². The van der Waals surface area contributed by atoms with Gasteiger partial charge in [0.05, 0.1) is 0 Å². The Hall–Kier alpha value is -0.250. The lowest BCUT2D eigenvalue weighted by Crippen LogP contribution is -1.99. The van der Waals surface area contributed by atoms with E-state index in [2.05, 4.69) is 5.92 Å². The molecule has 0 aromatic rings. The second kappa shape index (κ2) is 2.42. The Morgan fingerprint density at radius 3 is 2.60 bits per heavy atom. The fourth-order valence-corrected chi connectivity index (χ4v) is 2.43. The Morgan fingerprint density at radius 2 is 2.40 bits per heavy atom. The summed E-state index contributed by atoms with van der Waals surface area (Å²) >= 11 is 0. The Labute approximate surface area is 61.4 Å². The van der Waals surface area contributed by atoms with Gasteiger partial charge in [-0.15, -0.1) is 6.42 Å². The van der Waals surface area contributed by atoms with Crippen molar-refractivity contribution in [1.29, 1.82) is 0 Å². The summed E-state index contributed by atoms with van der Waals surface area (Å²) in [6, 6.07) is 0. The molecule has 0 bridgehead atoms. The predicted octanol–water partition coefficient (Wildman–Crippen LogP) is 1.70. The highest BCUT2D eigenvalue weighted by atomic mass is 31.2. The number of terminal acetylenes is 1. The SMILES string of the molecule is C#CC1CC(C)P(C)(=O)O1. The van der Waals surface area contributed by atoms with Crippen molar-refractivity contribution in [2.75, 3.05) is 6.66 Å². The summed E-state index contributed by atoms with van der Waals surface area (Å²) in [5.41, 5.74) is 0.133. The summed E-state index contributed by atoms with van der Waals surface area (Å²) in [5, 5.41) is 0. The lowest BCUT2D eigenvalue weighted by atomic mass is 10.2. The lowest BCUT2D eigenvalue weighted by molar-refractivity contribution is 0.293. The number of hydrogen-bond acceptors (Lipinski definition) is 2. The molecule has 0 aliphatic carbocycles. The summed E-state index contributed by atoms with van der Waals surface area (Å²) in [4.78, 5) is 0. The van der Waals surface area contributed by atoms with Crippen molar-refractivity contribution in [2.24, 2.45) is 0 Å². The van der Waals surface area contributed by atoms with Gasteiger partial charge in [-0.2, -0.15) is 0 Å². The highest BCUT2D eigenvalue weighted by molar-refractivity contribution is 7.59. The zero-order chi connectivity index (χ0) is 7.78. The maximum absolute atomic E-state index is 11.4. The molecular formula is C7H11O2P. The maximum atomic E-state index is 11.4. The Balaban J connectivity index is 2.73. The van der Waals surface area contributed by atoms with E-state index in [1.807, 2.05) is 6.92 Å². The summed E-state index contributed by atoms with van der Waals surface area (Å²) in [5.74, 6) is 2.46. The zero-order valence-electron chi connectivity index (χ0n) is 6.20. The van der Waals surface area contributed by atoms with Crippen LogP contribution < -0.4 is 0 Å². The Morgan fingerprint density at radius 1 is 1.80 bits per heavy atom. The topological polar surface area (TPSA) is 26.3 Å². The van der Waals surface area contributed by atoms with E-state index in [1.165, 1.54) is 0 Å². The second-order valence-electron chi connectivity index (χ2n) is 2.75. The summed E-state index contributed by atoms with van der Waals surface area (Å²) in [6.07, 6.45) is 5.64. The summed E-state index contributed by atoms with van der Waals surface area (Å²) in [7, 11) is -2.35. The molecule has 1 aliphatic heterocycles. The van der Waals surface area contributed by atoms with Crippen molar-refractivity contribution in [3.63, 3.8) is 0 Å². The molecule has 0 amide bonds. The normalized spacial score (nSPS) is 46.9. The van der Waals surface area contributed by atoms with Gasteiger partial charge < -0.3 is 4.52 Å². The van der Waals surface area contributed by atoms with E-state index in [9.17, 15) is 4.57 Å². The van der Waals surface area contributed by atoms with Crippen LogP contribution >= 0.6 is 7.37 Å². The molecule has 0 spiro atoms. The van der Waals surface area contributed by atoms with Gasteiger partial charge in [-0.3, -0.25) is 4.57 Å². The van der Waals surface area contributed by atoms with E-state index in [-0.39, 0.29) is 11.8 Å². The molecule has 10 heavy (non-hydrogen) atoms. The first-order valence-corrected chi connectivity index (χ1v) is 5.42. The Kier molecular flexibility index (Phi) is 1.90. The molecule has 3 heteroatoms. The molecular weight excluding hydrogens is 147 g/mol.